The molecule has 1 aromatic rings. The van der Waals surface area contributed by atoms with Crippen LogP contribution in [0.15, 0.2) is 18.2 Å². The second kappa shape index (κ2) is 7.19. The number of hydrogen-bond donors (Lipinski definition) is 2. The largest absolute Gasteiger partial charge is 0.481 e. The van der Waals surface area contributed by atoms with Crippen LogP contribution in [-0.2, 0) is 11.3 Å². The molecule has 2 unspecified atom stereocenters. The Morgan fingerprint density at radius 2 is 2.19 bits per heavy atom. The molecule has 4 nitrogen and oxygen atoms in total. The minimum Gasteiger partial charge on any atom is -0.481 e. The third-order valence-electron chi connectivity index (χ3n) is 4.11. The Balaban J connectivity index is 1.89. The van der Waals surface area contributed by atoms with Crippen LogP contribution in [0.25, 0.3) is 0 Å². The van der Waals surface area contributed by atoms with Crippen molar-refractivity contribution < 1.29 is 14.3 Å². The normalized spacial score (nSPS) is 21.7. The molecule has 2 rings (SSSR count). The molecule has 0 aliphatic heterocycles. The molecule has 1 saturated carbocycles. The van der Waals surface area contributed by atoms with E-state index in [1.165, 1.54) is 12.1 Å². The van der Waals surface area contributed by atoms with Gasteiger partial charge in [0.1, 0.15) is 11.9 Å². The van der Waals surface area contributed by atoms with Crippen LogP contribution >= 0.6 is 0 Å². The summed E-state index contributed by atoms with van der Waals surface area (Å²) in [6.45, 7) is 1.15. The maximum atomic E-state index is 13.2. The van der Waals surface area contributed by atoms with Gasteiger partial charge in [-0.25, -0.2) is 4.39 Å². The molecular formula is C16H19FN2O2. The molecular weight excluding hydrogens is 271 g/mol. The maximum Gasteiger partial charge on any atom is 0.306 e. The molecule has 0 aromatic heterocycles. The van der Waals surface area contributed by atoms with Crippen LogP contribution in [-0.4, -0.2) is 17.6 Å². The number of halogens is 1. The number of nitriles is 1. The lowest BCUT2D eigenvalue weighted by Gasteiger charge is -2.28. The van der Waals surface area contributed by atoms with Crippen molar-refractivity contribution in [2.75, 3.05) is 6.54 Å². The van der Waals surface area contributed by atoms with Gasteiger partial charge in [-0.2, -0.15) is 5.26 Å². The van der Waals surface area contributed by atoms with Gasteiger partial charge in [0.15, 0.2) is 0 Å². The van der Waals surface area contributed by atoms with E-state index >= 15 is 0 Å². The number of carboxylic acids is 1. The van der Waals surface area contributed by atoms with Gasteiger partial charge < -0.3 is 10.4 Å². The van der Waals surface area contributed by atoms with Crippen LogP contribution in [0.1, 0.15) is 36.8 Å². The number of carboxylic acid groups (broad SMARTS) is 1. The highest BCUT2D eigenvalue weighted by atomic mass is 19.1. The zero-order chi connectivity index (χ0) is 15.2. The molecule has 5 heteroatoms. The maximum absolute atomic E-state index is 13.2. The van der Waals surface area contributed by atoms with Gasteiger partial charge in [-0.3, -0.25) is 4.79 Å². The molecule has 1 aliphatic carbocycles. The van der Waals surface area contributed by atoms with Gasteiger partial charge in [0.05, 0.1) is 11.5 Å². The lowest BCUT2D eigenvalue weighted by Crippen LogP contribution is -2.34. The van der Waals surface area contributed by atoms with Crippen molar-refractivity contribution in [2.45, 2.75) is 32.2 Å². The van der Waals surface area contributed by atoms with Gasteiger partial charge in [-0.15, -0.1) is 0 Å². The van der Waals surface area contributed by atoms with E-state index in [1.54, 1.807) is 6.07 Å². The van der Waals surface area contributed by atoms with Crippen LogP contribution < -0.4 is 5.32 Å². The van der Waals surface area contributed by atoms with Crippen LogP contribution in [0.2, 0.25) is 0 Å². The second-order valence-corrected chi connectivity index (χ2v) is 5.55. The SMILES string of the molecule is N#Cc1cc(CNCC2CCCCC2C(=O)O)ccc1F. The highest BCUT2D eigenvalue weighted by Crippen LogP contribution is 2.29. The van der Waals surface area contributed by atoms with Gasteiger partial charge in [-0.1, -0.05) is 18.9 Å². The number of rotatable bonds is 5. The van der Waals surface area contributed by atoms with E-state index in [1.807, 2.05) is 6.07 Å². The summed E-state index contributed by atoms with van der Waals surface area (Å²) in [7, 11) is 0. The van der Waals surface area contributed by atoms with E-state index in [0.29, 0.717) is 13.1 Å². The predicted octanol–water partition coefficient (Wildman–Crippen LogP) is 2.68. The molecule has 0 spiro atoms. The summed E-state index contributed by atoms with van der Waals surface area (Å²) in [5, 5.41) is 21.2. The number of aliphatic carboxylic acids is 1. The summed E-state index contributed by atoms with van der Waals surface area (Å²) < 4.78 is 13.2. The van der Waals surface area contributed by atoms with Crippen molar-refractivity contribution in [1.29, 1.82) is 5.26 Å². The molecule has 1 aromatic carbocycles. The van der Waals surface area contributed by atoms with E-state index in [9.17, 15) is 14.3 Å². The van der Waals surface area contributed by atoms with Crippen LogP contribution in [0.5, 0.6) is 0 Å². The van der Waals surface area contributed by atoms with Crippen molar-refractivity contribution in [2.24, 2.45) is 11.8 Å². The first-order valence-corrected chi connectivity index (χ1v) is 7.24. The van der Waals surface area contributed by atoms with Gasteiger partial charge in [0.2, 0.25) is 0 Å². The van der Waals surface area contributed by atoms with Gasteiger partial charge in [0, 0.05) is 6.54 Å². The van der Waals surface area contributed by atoms with Crippen molar-refractivity contribution in [1.82, 2.24) is 5.32 Å². The summed E-state index contributed by atoms with van der Waals surface area (Å²) in [4.78, 5) is 11.2. The Hall–Kier alpha value is -1.93. The summed E-state index contributed by atoms with van der Waals surface area (Å²) in [6.07, 6.45) is 3.73. The van der Waals surface area contributed by atoms with E-state index in [-0.39, 0.29) is 17.4 Å². The van der Waals surface area contributed by atoms with Crippen LogP contribution in [0.3, 0.4) is 0 Å². The lowest BCUT2D eigenvalue weighted by molar-refractivity contribution is -0.144. The summed E-state index contributed by atoms with van der Waals surface area (Å²) >= 11 is 0. The number of hydrogen-bond acceptors (Lipinski definition) is 3. The molecule has 112 valence electrons. The lowest BCUT2D eigenvalue weighted by atomic mass is 9.79. The van der Waals surface area contributed by atoms with Crippen LogP contribution in [0, 0.1) is 29.0 Å². The number of nitrogens with one attached hydrogen (secondary N) is 1. The zero-order valence-corrected chi connectivity index (χ0v) is 11.8. The minimum atomic E-state index is -0.713. The summed E-state index contributed by atoms with van der Waals surface area (Å²) in [5.41, 5.74) is 0.867. The van der Waals surface area contributed by atoms with Gasteiger partial charge in [-0.05, 0) is 43.0 Å². The number of carbonyl (C=O) groups is 1. The molecule has 0 heterocycles. The fourth-order valence-electron chi connectivity index (χ4n) is 2.95. The summed E-state index contributed by atoms with van der Waals surface area (Å²) in [6, 6.07) is 6.27. The molecule has 0 radical (unpaired) electrons. The highest BCUT2D eigenvalue weighted by molar-refractivity contribution is 5.70. The van der Waals surface area contributed by atoms with E-state index < -0.39 is 11.8 Å². The van der Waals surface area contributed by atoms with Gasteiger partial charge in [0.25, 0.3) is 0 Å². The average Bonchev–Trinajstić information content (AvgIpc) is 2.49. The van der Waals surface area contributed by atoms with Crippen LogP contribution in [0.4, 0.5) is 4.39 Å². The van der Waals surface area contributed by atoms with E-state index in [4.69, 9.17) is 5.26 Å². The monoisotopic (exact) mass is 290 g/mol. The Bertz CT molecular complexity index is 554. The highest BCUT2D eigenvalue weighted by Gasteiger charge is 2.30. The third kappa shape index (κ3) is 4.02. The Morgan fingerprint density at radius 1 is 1.43 bits per heavy atom. The van der Waals surface area contributed by atoms with Gasteiger partial charge >= 0.3 is 5.97 Å². The Morgan fingerprint density at radius 3 is 2.90 bits per heavy atom. The fourth-order valence-corrected chi connectivity index (χ4v) is 2.95. The first kappa shape index (κ1) is 15.5. The molecule has 0 amide bonds. The second-order valence-electron chi connectivity index (χ2n) is 5.55. The van der Waals surface area contributed by atoms with Crippen molar-refractivity contribution >= 4 is 5.97 Å². The third-order valence-corrected chi connectivity index (χ3v) is 4.11. The zero-order valence-electron chi connectivity index (χ0n) is 11.8. The molecule has 2 atom stereocenters. The van der Waals surface area contributed by atoms with Crippen molar-refractivity contribution in [3.05, 3.63) is 35.1 Å². The average molecular weight is 290 g/mol. The minimum absolute atomic E-state index is 0.0374. The quantitative estimate of drug-likeness (QED) is 0.874. The topological polar surface area (TPSA) is 73.1 Å². The fraction of sp³-hybridized carbons (Fsp3) is 0.500. The molecule has 2 N–H and O–H groups in total. The molecule has 0 bridgehead atoms. The Labute approximate surface area is 123 Å². The number of nitrogens with zero attached hydrogens (tertiary/aromatic N) is 1. The Kier molecular flexibility index (Phi) is 5.29. The first-order chi connectivity index (χ1) is 10.1. The summed E-state index contributed by atoms with van der Waals surface area (Å²) in [5.74, 6) is -1.35. The number of benzene rings is 1. The van der Waals surface area contributed by atoms with E-state index in [2.05, 4.69) is 5.32 Å². The molecule has 1 fully saturated rings. The van der Waals surface area contributed by atoms with Crippen molar-refractivity contribution in [3.8, 4) is 6.07 Å². The van der Waals surface area contributed by atoms with E-state index in [0.717, 1.165) is 31.2 Å². The first-order valence-electron chi connectivity index (χ1n) is 7.24. The molecule has 21 heavy (non-hydrogen) atoms. The molecule has 0 saturated heterocycles. The standard InChI is InChI=1S/C16H19FN2O2/c17-15-6-5-11(7-13(15)8-18)9-19-10-12-3-1-2-4-14(12)16(20)21/h5-7,12,14,19H,1-4,9-10H2,(H,20,21). The smallest absolute Gasteiger partial charge is 0.306 e. The molecule has 1 aliphatic rings. The van der Waals surface area contributed by atoms with Crippen molar-refractivity contribution in [3.63, 3.8) is 0 Å². The predicted molar refractivity (Wildman–Crippen MR) is 75.9 cm³/mol.